The van der Waals surface area contributed by atoms with Crippen LogP contribution in [-0.4, -0.2) is 0 Å². The molecular formula is C36H30. The van der Waals surface area contributed by atoms with Gasteiger partial charge in [-0.25, -0.2) is 0 Å². The van der Waals surface area contributed by atoms with Gasteiger partial charge in [-0.2, -0.15) is 0 Å². The minimum absolute atomic E-state index is 0.350. The number of hydrogen-bond acceptors (Lipinski definition) is 0. The largest absolute Gasteiger partial charge is 0.0713 e. The summed E-state index contributed by atoms with van der Waals surface area (Å²) in [4.78, 5) is 0. The van der Waals surface area contributed by atoms with Crippen LogP contribution in [0.2, 0.25) is 0 Å². The molecule has 36 heavy (non-hydrogen) atoms. The number of benzene rings is 5. The topological polar surface area (TPSA) is 0 Å². The molecule has 0 heteroatoms. The molecule has 0 aliphatic heterocycles. The Hall–Kier alpha value is -3.90. The third-order valence-electron chi connectivity index (χ3n) is 8.58. The Morgan fingerprint density at radius 1 is 0.472 bits per heavy atom. The van der Waals surface area contributed by atoms with Gasteiger partial charge in [0.05, 0.1) is 5.41 Å². The molecule has 2 aliphatic carbocycles. The first-order valence-electron chi connectivity index (χ1n) is 13.0. The second-order valence-electron chi connectivity index (χ2n) is 10.8. The molecule has 0 N–H and O–H groups in total. The summed E-state index contributed by atoms with van der Waals surface area (Å²) in [5.41, 5.74) is 17.5. The van der Waals surface area contributed by atoms with Crippen molar-refractivity contribution in [3.05, 3.63) is 153 Å². The zero-order valence-electron chi connectivity index (χ0n) is 21.4. The number of fused-ring (bicyclic) bond motifs is 6. The van der Waals surface area contributed by atoms with Crippen LogP contribution in [0.5, 0.6) is 0 Å². The van der Waals surface area contributed by atoms with E-state index in [9.17, 15) is 0 Å². The molecule has 0 amide bonds. The molecular weight excluding hydrogens is 432 g/mol. The van der Waals surface area contributed by atoms with Gasteiger partial charge in [-0.1, -0.05) is 115 Å². The number of aryl methyl sites for hydroxylation is 3. The third-order valence-corrected chi connectivity index (χ3v) is 8.58. The van der Waals surface area contributed by atoms with Gasteiger partial charge >= 0.3 is 0 Å². The lowest BCUT2D eigenvalue weighted by Crippen LogP contribution is -2.28. The van der Waals surface area contributed by atoms with Gasteiger partial charge in [0.1, 0.15) is 0 Å². The van der Waals surface area contributed by atoms with E-state index in [-0.39, 0.29) is 5.41 Å². The number of hydrogen-bond donors (Lipinski definition) is 0. The van der Waals surface area contributed by atoms with Crippen molar-refractivity contribution in [1.82, 2.24) is 0 Å². The van der Waals surface area contributed by atoms with Crippen LogP contribution in [0.4, 0.5) is 0 Å². The van der Waals surface area contributed by atoms with Gasteiger partial charge in [0.2, 0.25) is 0 Å². The van der Waals surface area contributed by atoms with Crippen LogP contribution in [0, 0.1) is 20.8 Å². The van der Waals surface area contributed by atoms with Crippen molar-refractivity contribution in [3.63, 3.8) is 0 Å². The zero-order valence-corrected chi connectivity index (χ0v) is 21.4. The van der Waals surface area contributed by atoms with Gasteiger partial charge < -0.3 is 0 Å². The van der Waals surface area contributed by atoms with Crippen molar-refractivity contribution in [1.29, 1.82) is 0 Å². The second-order valence-corrected chi connectivity index (χ2v) is 10.8. The molecule has 7 rings (SSSR count). The van der Waals surface area contributed by atoms with Crippen molar-refractivity contribution in [3.8, 4) is 22.3 Å². The molecule has 0 heterocycles. The van der Waals surface area contributed by atoms with E-state index in [4.69, 9.17) is 0 Å². The van der Waals surface area contributed by atoms with Gasteiger partial charge in [0.25, 0.3) is 0 Å². The molecule has 0 spiro atoms. The molecule has 5 aromatic carbocycles. The second kappa shape index (κ2) is 7.55. The van der Waals surface area contributed by atoms with Gasteiger partial charge in [-0.05, 0) is 88.5 Å². The highest BCUT2D eigenvalue weighted by Gasteiger charge is 2.47. The molecule has 0 saturated heterocycles. The Kier molecular flexibility index (Phi) is 4.48. The van der Waals surface area contributed by atoms with E-state index < -0.39 is 0 Å². The summed E-state index contributed by atoms with van der Waals surface area (Å²) in [6, 6.07) is 39.4. The van der Waals surface area contributed by atoms with Gasteiger partial charge in [-0.3, -0.25) is 0 Å². The van der Waals surface area contributed by atoms with Crippen LogP contribution in [-0.2, 0) is 5.41 Å². The highest BCUT2D eigenvalue weighted by atomic mass is 14.5. The third kappa shape index (κ3) is 2.76. The quantitative estimate of drug-likeness (QED) is 0.241. The van der Waals surface area contributed by atoms with E-state index in [0.717, 1.165) is 0 Å². The Morgan fingerprint density at radius 3 is 1.81 bits per heavy atom. The number of rotatable bonds is 2. The predicted octanol–water partition coefficient (Wildman–Crippen LogP) is 9.11. The summed E-state index contributed by atoms with van der Waals surface area (Å²) in [6.07, 6.45) is 0. The molecule has 0 fully saturated rings. The summed E-state index contributed by atoms with van der Waals surface area (Å²) in [7, 11) is 0. The SMILES string of the molecule is Cc1ccc(C2(c3ccccc3)c3cc(C)ccc3-c3cc4c(cc32)-c2ccc(C)cc2C4C)cc1. The zero-order chi connectivity index (χ0) is 24.6. The van der Waals surface area contributed by atoms with Crippen LogP contribution in [0.25, 0.3) is 22.3 Å². The summed E-state index contributed by atoms with van der Waals surface area (Å²) < 4.78 is 0. The molecule has 174 valence electrons. The van der Waals surface area contributed by atoms with Crippen LogP contribution in [0.15, 0.2) is 103 Å². The van der Waals surface area contributed by atoms with E-state index in [2.05, 4.69) is 131 Å². The van der Waals surface area contributed by atoms with Crippen molar-refractivity contribution in [2.45, 2.75) is 39.0 Å². The lowest BCUT2D eigenvalue weighted by atomic mass is 9.67. The van der Waals surface area contributed by atoms with Crippen LogP contribution in [0.3, 0.4) is 0 Å². The van der Waals surface area contributed by atoms with E-state index in [1.54, 1.807) is 0 Å². The molecule has 0 radical (unpaired) electrons. The Balaban J connectivity index is 1.63. The summed E-state index contributed by atoms with van der Waals surface area (Å²) >= 11 is 0. The smallest absolute Gasteiger partial charge is 0.0622 e. The Morgan fingerprint density at radius 2 is 1.06 bits per heavy atom. The van der Waals surface area contributed by atoms with Crippen molar-refractivity contribution >= 4 is 0 Å². The van der Waals surface area contributed by atoms with Gasteiger partial charge in [-0.15, -0.1) is 0 Å². The average molecular weight is 463 g/mol. The molecule has 0 bridgehead atoms. The molecule has 2 atom stereocenters. The maximum atomic E-state index is 2.53. The highest BCUT2D eigenvalue weighted by molar-refractivity contribution is 5.92. The van der Waals surface area contributed by atoms with Crippen LogP contribution >= 0.6 is 0 Å². The Labute approximate surface area is 214 Å². The summed E-state index contributed by atoms with van der Waals surface area (Å²) in [5, 5.41) is 0. The van der Waals surface area contributed by atoms with E-state index in [1.165, 1.54) is 72.3 Å². The van der Waals surface area contributed by atoms with Gasteiger partial charge in [0, 0.05) is 5.92 Å². The van der Waals surface area contributed by atoms with Crippen molar-refractivity contribution < 1.29 is 0 Å². The minimum Gasteiger partial charge on any atom is -0.0622 e. The fourth-order valence-electron chi connectivity index (χ4n) is 6.82. The predicted molar refractivity (Wildman–Crippen MR) is 151 cm³/mol. The van der Waals surface area contributed by atoms with Crippen molar-refractivity contribution in [2.75, 3.05) is 0 Å². The molecule has 0 saturated carbocycles. The van der Waals surface area contributed by atoms with Crippen LogP contribution in [0.1, 0.15) is 62.9 Å². The van der Waals surface area contributed by atoms with E-state index in [1.807, 2.05) is 0 Å². The molecule has 0 aromatic heterocycles. The highest BCUT2D eigenvalue weighted by Crippen LogP contribution is 2.59. The minimum atomic E-state index is -0.350. The fourth-order valence-corrected chi connectivity index (χ4v) is 6.82. The first kappa shape index (κ1) is 21.4. The fraction of sp³-hybridized carbons (Fsp3) is 0.167. The molecule has 5 aromatic rings. The first-order valence-corrected chi connectivity index (χ1v) is 13.0. The van der Waals surface area contributed by atoms with Crippen LogP contribution < -0.4 is 0 Å². The average Bonchev–Trinajstić information content (AvgIpc) is 3.32. The van der Waals surface area contributed by atoms with E-state index in [0.29, 0.717) is 5.92 Å². The molecule has 2 unspecified atom stereocenters. The van der Waals surface area contributed by atoms with E-state index >= 15 is 0 Å². The lowest BCUT2D eigenvalue weighted by molar-refractivity contribution is 0.767. The van der Waals surface area contributed by atoms with Gasteiger partial charge in [0.15, 0.2) is 0 Å². The Bertz CT molecular complexity index is 1650. The normalized spacial score (nSPS) is 18.9. The standard InChI is InChI=1S/C36H30/c1-22-10-14-27(15-11-22)36(26-8-6-5-7-9-26)34-19-24(3)13-17-29(34)33-20-31-25(4)30-18-23(2)12-16-28(30)32(31)21-35(33)36/h5-21,25H,1-4H3. The summed E-state index contributed by atoms with van der Waals surface area (Å²) in [5.74, 6) is 0.403. The first-order chi connectivity index (χ1) is 17.5. The molecule has 2 aliphatic rings. The summed E-state index contributed by atoms with van der Waals surface area (Å²) in [6.45, 7) is 8.96. The maximum absolute atomic E-state index is 2.53. The maximum Gasteiger partial charge on any atom is 0.0713 e. The molecule has 0 nitrogen and oxygen atoms in total. The monoisotopic (exact) mass is 462 g/mol. The van der Waals surface area contributed by atoms with Crippen molar-refractivity contribution in [2.24, 2.45) is 0 Å². The lowest BCUT2D eigenvalue weighted by Gasteiger charge is -2.34.